The van der Waals surface area contributed by atoms with Gasteiger partial charge in [0.2, 0.25) is 0 Å². The molecule has 1 saturated carbocycles. The molecule has 1 fully saturated rings. The minimum Gasteiger partial charge on any atom is -0.396 e. The van der Waals surface area contributed by atoms with Crippen molar-refractivity contribution >= 4 is 15.9 Å². The van der Waals surface area contributed by atoms with Gasteiger partial charge < -0.3 is 10.4 Å². The third-order valence-electron chi connectivity index (χ3n) is 3.80. The predicted octanol–water partition coefficient (Wildman–Crippen LogP) is 3.40. The molecule has 3 atom stereocenters. The molecule has 1 aliphatic carbocycles. The van der Waals surface area contributed by atoms with Crippen LogP contribution in [-0.4, -0.2) is 17.8 Å². The van der Waals surface area contributed by atoms with E-state index < -0.39 is 0 Å². The van der Waals surface area contributed by atoms with Gasteiger partial charge in [0, 0.05) is 18.7 Å². The van der Waals surface area contributed by atoms with E-state index in [1.165, 1.54) is 12.5 Å². The van der Waals surface area contributed by atoms with Crippen LogP contribution >= 0.6 is 15.9 Å². The van der Waals surface area contributed by atoms with Crippen molar-refractivity contribution < 1.29 is 9.50 Å². The maximum atomic E-state index is 13.2. The van der Waals surface area contributed by atoms with Gasteiger partial charge in [-0.2, -0.15) is 0 Å². The van der Waals surface area contributed by atoms with Gasteiger partial charge in [-0.3, -0.25) is 0 Å². The van der Waals surface area contributed by atoms with Crippen LogP contribution in [0.15, 0.2) is 22.7 Å². The Morgan fingerprint density at radius 2 is 2.28 bits per heavy atom. The molecule has 2 rings (SSSR count). The molecule has 0 radical (unpaired) electrons. The molecule has 18 heavy (non-hydrogen) atoms. The van der Waals surface area contributed by atoms with Crippen molar-refractivity contribution in [3.8, 4) is 0 Å². The first-order valence-electron chi connectivity index (χ1n) is 6.43. The van der Waals surface area contributed by atoms with Crippen LogP contribution in [0.5, 0.6) is 0 Å². The summed E-state index contributed by atoms with van der Waals surface area (Å²) in [6.45, 7) is 2.32. The molecular weight excluding hydrogens is 297 g/mol. The van der Waals surface area contributed by atoms with Crippen LogP contribution < -0.4 is 5.32 Å². The molecular formula is C14H19BrFNO. The van der Waals surface area contributed by atoms with Crippen LogP contribution in [0.4, 0.5) is 4.39 Å². The molecule has 0 spiro atoms. The Kier molecular flexibility index (Phi) is 4.76. The molecule has 0 heterocycles. The lowest BCUT2D eigenvalue weighted by atomic mass is 10.0. The first kappa shape index (κ1) is 14.0. The van der Waals surface area contributed by atoms with Gasteiger partial charge in [0.1, 0.15) is 5.82 Å². The summed E-state index contributed by atoms with van der Waals surface area (Å²) in [5, 5.41) is 12.8. The van der Waals surface area contributed by atoms with Gasteiger partial charge in [-0.25, -0.2) is 4.39 Å². The Morgan fingerprint density at radius 1 is 1.50 bits per heavy atom. The highest BCUT2D eigenvalue weighted by Crippen LogP contribution is 2.28. The number of hydrogen-bond donors (Lipinski definition) is 2. The Labute approximate surface area is 116 Å². The van der Waals surface area contributed by atoms with E-state index in [1.807, 2.05) is 6.07 Å². The summed E-state index contributed by atoms with van der Waals surface area (Å²) >= 11 is 3.21. The number of hydrogen-bond acceptors (Lipinski definition) is 2. The predicted molar refractivity (Wildman–Crippen MR) is 73.9 cm³/mol. The smallest absolute Gasteiger partial charge is 0.137 e. The second kappa shape index (κ2) is 6.13. The maximum Gasteiger partial charge on any atom is 0.137 e. The highest BCUT2D eigenvalue weighted by Gasteiger charge is 2.27. The Morgan fingerprint density at radius 3 is 2.94 bits per heavy atom. The summed E-state index contributed by atoms with van der Waals surface area (Å²) < 4.78 is 13.7. The molecule has 1 aromatic carbocycles. The zero-order valence-corrected chi connectivity index (χ0v) is 12.1. The second-order valence-electron chi connectivity index (χ2n) is 5.04. The van der Waals surface area contributed by atoms with Crippen LogP contribution in [0, 0.1) is 11.7 Å². The van der Waals surface area contributed by atoms with E-state index in [0.29, 0.717) is 16.4 Å². The van der Waals surface area contributed by atoms with Crippen LogP contribution in [0.2, 0.25) is 0 Å². The van der Waals surface area contributed by atoms with Crippen molar-refractivity contribution in [3.63, 3.8) is 0 Å². The standard InChI is InChI=1S/C14H19BrFNO/c1-9(10-5-6-13(16)12(15)7-10)17-14-4-2-3-11(14)8-18/h5-7,9,11,14,17-18H,2-4,8H2,1H3. The highest BCUT2D eigenvalue weighted by molar-refractivity contribution is 9.10. The Bertz CT molecular complexity index is 413. The summed E-state index contributed by atoms with van der Waals surface area (Å²) in [6.07, 6.45) is 3.37. The quantitative estimate of drug-likeness (QED) is 0.892. The second-order valence-corrected chi connectivity index (χ2v) is 5.90. The van der Waals surface area contributed by atoms with Crippen LogP contribution in [0.25, 0.3) is 0 Å². The van der Waals surface area contributed by atoms with E-state index in [1.54, 1.807) is 6.07 Å². The Hall–Kier alpha value is -0.450. The van der Waals surface area contributed by atoms with E-state index in [-0.39, 0.29) is 18.5 Å². The largest absolute Gasteiger partial charge is 0.396 e. The first-order valence-corrected chi connectivity index (χ1v) is 7.23. The molecule has 0 bridgehead atoms. The fourth-order valence-electron chi connectivity index (χ4n) is 2.67. The minimum absolute atomic E-state index is 0.166. The topological polar surface area (TPSA) is 32.3 Å². The van der Waals surface area contributed by atoms with Crippen molar-refractivity contribution in [2.75, 3.05) is 6.61 Å². The molecule has 2 N–H and O–H groups in total. The van der Waals surface area contributed by atoms with Crippen molar-refractivity contribution in [2.24, 2.45) is 5.92 Å². The van der Waals surface area contributed by atoms with Gasteiger partial charge in [-0.15, -0.1) is 0 Å². The van der Waals surface area contributed by atoms with Crippen molar-refractivity contribution in [1.82, 2.24) is 5.32 Å². The van der Waals surface area contributed by atoms with Crippen LogP contribution in [-0.2, 0) is 0 Å². The monoisotopic (exact) mass is 315 g/mol. The number of nitrogens with one attached hydrogen (secondary N) is 1. The lowest BCUT2D eigenvalue weighted by molar-refractivity contribution is 0.200. The van der Waals surface area contributed by atoms with Crippen molar-refractivity contribution in [3.05, 3.63) is 34.1 Å². The highest BCUT2D eigenvalue weighted by atomic mass is 79.9. The van der Waals surface area contributed by atoms with E-state index in [0.717, 1.165) is 18.4 Å². The number of halogens is 2. The lowest BCUT2D eigenvalue weighted by Gasteiger charge is -2.24. The van der Waals surface area contributed by atoms with Crippen molar-refractivity contribution in [1.29, 1.82) is 0 Å². The molecule has 0 amide bonds. The molecule has 4 heteroatoms. The minimum atomic E-state index is -0.236. The zero-order chi connectivity index (χ0) is 13.1. The number of aliphatic hydroxyl groups is 1. The molecule has 1 aliphatic rings. The maximum absolute atomic E-state index is 13.2. The van der Waals surface area contributed by atoms with Gasteiger partial charge in [0.05, 0.1) is 4.47 Å². The van der Waals surface area contributed by atoms with E-state index in [2.05, 4.69) is 28.2 Å². The lowest BCUT2D eigenvalue weighted by Crippen LogP contribution is -2.35. The number of benzene rings is 1. The average Bonchev–Trinajstić information content (AvgIpc) is 2.79. The summed E-state index contributed by atoms with van der Waals surface area (Å²) in [5.41, 5.74) is 1.06. The van der Waals surface area contributed by atoms with E-state index in [4.69, 9.17) is 0 Å². The number of rotatable bonds is 4. The first-order chi connectivity index (χ1) is 8.61. The summed E-state index contributed by atoms with van der Waals surface area (Å²) in [5.74, 6) is 0.122. The molecule has 2 nitrogen and oxygen atoms in total. The van der Waals surface area contributed by atoms with Gasteiger partial charge in [0.15, 0.2) is 0 Å². The van der Waals surface area contributed by atoms with Gasteiger partial charge in [0.25, 0.3) is 0 Å². The third kappa shape index (κ3) is 3.11. The molecule has 1 aromatic rings. The van der Waals surface area contributed by atoms with Crippen LogP contribution in [0.3, 0.4) is 0 Å². The van der Waals surface area contributed by atoms with E-state index in [9.17, 15) is 9.50 Å². The van der Waals surface area contributed by atoms with E-state index >= 15 is 0 Å². The van der Waals surface area contributed by atoms with Gasteiger partial charge in [-0.05, 0) is 59.3 Å². The number of aliphatic hydroxyl groups excluding tert-OH is 1. The summed E-state index contributed by atoms with van der Waals surface area (Å²) in [7, 11) is 0. The van der Waals surface area contributed by atoms with Crippen molar-refractivity contribution in [2.45, 2.75) is 38.3 Å². The van der Waals surface area contributed by atoms with Gasteiger partial charge >= 0.3 is 0 Å². The summed E-state index contributed by atoms with van der Waals surface area (Å²) in [4.78, 5) is 0. The summed E-state index contributed by atoms with van der Waals surface area (Å²) in [6, 6.07) is 5.64. The fraction of sp³-hybridized carbons (Fsp3) is 0.571. The third-order valence-corrected chi connectivity index (χ3v) is 4.41. The average molecular weight is 316 g/mol. The Balaban J connectivity index is 2.02. The fourth-order valence-corrected chi connectivity index (χ4v) is 3.07. The molecule has 0 aromatic heterocycles. The van der Waals surface area contributed by atoms with Gasteiger partial charge in [-0.1, -0.05) is 12.5 Å². The zero-order valence-electron chi connectivity index (χ0n) is 10.5. The molecule has 0 aliphatic heterocycles. The molecule has 0 saturated heterocycles. The molecule has 3 unspecified atom stereocenters. The normalized spacial score (nSPS) is 25.3. The van der Waals surface area contributed by atoms with Crippen LogP contribution in [0.1, 0.15) is 37.8 Å². The molecule has 100 valence electrons. The SMILES string of the molecule is CC(NC1CCCC1CO)c1ccc(F)c(Br)c1.